The summed E-state index contributed by atoms with van der Waals surface area (Å²) in [6, 6.07) is 5.77. The first-order valence-corrected chi connectivity index (χ1v) is 17.7. The number of esters is 1. The van der Waals surface area contributed by atoms with Crippen LogP contribution in [0.25, 0.3) is 0 Å². The molecule has 10 nitrogen and oxygen atoms in total. The van der Waals surface area contributed by atoms with Gasteiger partial charge in [0, 0.05) is 33.6 Å². The van der Waals surface area contributed by atoms with Crippen molar-refractivity contribution in [2.24, 2.45) is 4.99 Å². The molecule has 12 heteroatoms. The summed E-state index contributed by atoms with van der Waals surface area (Å²) in [5.41, 5.74) is 2.12. The van der Waals surface area contributed by atoms with Crippen LogP contribution < -0.4 is 5.32 Å². The van der Waals surface area contributed by atoms with Gasteiger partial charge in [0.15, 0.2) is 5.17 Å². The highest BCUT2D eigenvalue weighted by molar-refractivity contribution is 8.15. The number of rotatable bonds is 13. The lowest BCUT2D eigenvalue weighted by atomic mass is 10.1. The number of halogens is 1. The first-order valence-electron chi connectivity index (χ1n) is 16.8. The summed E-state index contributed by atoms with van der Waals surface area (Å²) in [6.07, 6.45) is 19.4. The molecule has 0 aromatic heterocycles. The zero-order valence-electron chi connectivity index (χ0n) is 31.8. The third-order valence-corrected chi connectivity index (χ3v) is 7.21. The number of carbonyl (C=O) groups excluding carboxylic acids is 4. The van der Waals surface area contributed by atoms with E-state index >= 15 is 0 Å². The molecule has 1 N–H and O–H groups in total. The van der Waals surface area contributed by atoms with E-state index in [0.717, 1.165) is 12.0 Å². The Bertz CT molecular complexity index is 1490. The van der Waals surface area contributed by atoms with Gasteiger partial charge < -0.3 is 19.7 Å². The molecule has 2 aliphatic rings. The number of hydrogen-bond acceptors (Lipinski definition) is 8. The summed E-state index contributed by atoms with van der Waals surface area (Å²) in [5.74, 6) is -0.418. The topological polar surface area (TPSA) is 118 Å². The molecule has 1 unspecified atom stereocenters. The minimum atomic E-state index is -0.614. The van der Waals surface area contributed by atoms with E-state index < -0.39 is 11.1 Å². The maximum absolute atomic E-state index is 13.5. The number of amidine groups is 1. The van der Waals surface area contributed by atoms with Crippen molar-refractivity contribution in [1.29, 1.82) is 0 Å². The number of ether oxygens (including phenoxy) is 2. The summed E-state index contributed by atoms with van der Waals surface area (Å²) in [6.45, 7) is 22.7. The van der Waals surface area contributed by atoms with Crippen molar-refractivity contribution in [2.75, 3.05) is 27.2 Å². The van der Waals surface area contributed by atoms with Crippen LogP contribution >= 0.6 is 11.8 Å². The van der Waals surface area contributed by atoms with E-state index in [1.54, 1.807) is 43.3 Å². The Morgan fingerprint density at radius 2 is 1.85 bits per heavy atom. The molecule has 1 atom stereocenters. The Kier molecular flexibility index (Phi) is 28.7. The smallest absolute Gasteiger partial charge is 0.302 e. The van der Waals surface area contributed by atoms with Crippen molar-refractivity contribution in [1.82, 2.24) is 15.1 Å². The Morgan fingerprint density at radius 3 is 2.38 bits per heavy atom. The average Bonchev–Trinajstić information content (AvgIpc) is 3.28. The highest BCUT2D eigenvalue weighted by atomic mass is 32.2. The van der Waals surface area contributed by atoms with Crippen molar-refractivity contribution in [3.8, 4) is 0 Å². The minimum absolute atomic E-state index is 0.0649. The normalized spacial score (nSPS) is 15.0. The van der Waals surface area contributed by atoms with Gasteiger partial charge in [-0.1, -0.05) is 115 Å². The molecule has 3 amide bonds. The van der Waals surface area contributed by atoms with Gasteiger partial charge in [-0.2, -0.15) is 0 Å². The van der Waals surface area contributed by atoms with Crippen LogP contribution in [0.2, 0.25) is 0 Å². The largest absolute Gasteiger partial charge is 0.469 e. The zero-order valence-corrected chi connectivity index (χ0v) is 32.6. The van der Waals surface area contributed by atoms with E-state index in [-0.39, 0.29) is 24.3 Å². The van der Waals surface area contributed by atoms with Gasteiger partial charge in [0.25, 0.3) is 0 Å². The number of carbonyl (C=O) groups is 4. The lowest BCUT2D eigenvalue weighted by molar-refractivity contribution is -0.140. The molecule has 0 radical (unpaired) electrons. The van der Waals surface area contributed by atoms with E-state index in [9.17, 15) is 23.6 Å². The number of nitrogens with one attached hydrogen (secondary N) is 1. The van der Waals surface area contributed by atoms with Crippen molar-refractivity contribution < 1.29 is 33.0 Å². The second-order valence-corrected chi connectivity index (χ2v) is 11.0. The maximum atomic E-state index is 13.5. The van der Waals surface area contributed by atoms with Crippen LogP contribution in [0.5, 0.6) is 0 Å². The molecule has 1 aliphatic heterocycles. The van der Waals surface area contributed by atoms with E-state index in [1.807, 2.05) is 65.0 Å². The van der Waals surface area contributed by atoms with Crippen molar-refractivity contribution in [2.45, 2.75) is 59.6 Å². The first-order chi connectivity index (χ1) is 25.0. The number of thioether (sulfide) groups is 1. The molecule has 284 valence electrons. The lowest BCUT2D eigenvalue weighted by Crippen LogP contribution is -2.34. The third-order valence-electron chi connectivity index (χ3n) is 5.98. The molecular weight excluding hydrogens is 684 g/mol. The third kappa shape index (κ3) is 21.1. The number of allylic oxidation sites excluding steroid dienone is 8. The predicted molar refractivity (Wildman–Crippen MR) is 213 cm³/mol. The molecule has 1 fully saturated rings. The van der Waals surface area contributed by atoms with E-state index in [4.69, 9.17) is 9.47 Å². The quantitative estimate of drug-likeness (QED) is 0.0936. The van der Waals surface area contributed by atoms with E-state index in [0.29, 0.717) is 41.6 Å². The molecule has 0 spiro atoms. The monoisotopic (exact) mass is 738 g/mol. The summed E-state index contributed by atoms with van der Waals surface area (Å²) in [5, 5.41) is 2.15. The molecule has 1 heterocycles. The molecule has 1 aromatic rings. The standard InChI is InChI=1S/C21H20FN3O3S.C10H12O2.C5H11NO.2C2H6/c1-4-16(8-7-11-23-14-26)19-20(27)25(13-15(3)28-5-2)21(29-19)24-18-10-6-9-17(22)12-18;1-9(11)12-8-10-6-4-2-3-5-7-10;1-4-5(7)6(2)3;2*1-2/h4-12,14,19H,1-3,13H2,(H,23,26);2-6H,7-8H2,1H3;4H2,1-3H3;2*1-2H3/b11-7+,16-8+,24-21?;;;;. The molecule has 3 rings (SSSR count). The maximum Gasteiger partial charge on any atom is 0.302 e. The molecule has 0 bridgehead atoms. The van der Waals surface area contributed by atoms with Gasteiger partial charge in [0.1, 0.15) is 23.4 Å². The Balaban J connectivity index is 0. The van der Waals surface area contributed by atoms with Gasteiger partial charge in [-0.05, 0) is 41.8 Å². The average molecular weight is 739 g/mol. The molecule has 52 heavy (non-hydrogen) atoms. The Morgan fingerprint density at radius 1 is 1.15 bits per heavy atom. The predicted octanol–water partition coefficient (Wildman–Crippen LogP) is 8.33. The molecule has 1 aromatic carbocycles. The number of nitrogens with zero attached hydrogens (tertiary/aromatic N) is 3. The molecule has 0 saturated carbocycles. The zero-order chi connectivity index (χ0) is 39.9. The SMILES string of the molecule is C=COC(=C)CN1C(=O)C(/C(C=C)=C/C=C/NC=O)SC1=Nc1cccc(F)c1.CC.CC.CC(=O)OCC1=CC=CC=CC1.CCC(=O)N(C)C. The number of aliphatic imine (C=N–C) groups is 1. The van der Waals surface area contributed by atoms with Crippen LogP contribution in [-0.4, -0.2) is 71.7 Å². The van der Waals surface area contributed by atoms with Gasteiger partial charge in [-0.15, -0.1) is 0 Å². The van der Waals surface area contributed by atoms with E-state index in [2.05, 4.69) is 30.0 Å². The van der Waals surface area contributed by atoms with Crippen LogP contribution in [0, 0.1) is 5.82 Å². The van der Waals surface area contributed by atoms with Gasteiger partial charge in [-0.25, -0.2) is 9.38 Å². The van der Waals surface area contributed by atoms with Crippen LogP contribution in [-0.2, 0) is 28.7 Å². The fraction of sp³-hybridized carbons (Fsp3) is 0.325. The summed E-state index contributed by atoms with van der Waals surface area (Å²) < 4.78 is 23.5. The van der Waals surface area contributed by atoms with Crippen molar-refractivity contribution >= 4 is 46.8 Å². The van der Waals surface area contributed by atoms with Gasteiger partial charge in [-0.3, -0.25) is 24.1 Å². The highest BCUT2D eigenvalue weighted by Gasteiger charge is 2.39. The van der Waals surface area contributed by atoms with Crippen molar-refractivity contribution in [3.63, 3.8) is 0 Å². The Labute approximate surface area is 313 Å². The van der Waals surface area contributed by atoms with Gasteiger partial charge in [0.05, 0.1) is 18.5 Å². The highest BCUT2D eigenvalue weighted by Crippen LogP contribution is 2.35. The second-order valence-electron chi connectivity index (χ2n) is 9.90. The second kappa shape index (κ2) is 30.6. The minimum Gasteiger partial charge on any atom is -0.469 e. The van der Waals surface area contributed by atoms with Gasteiger partial charge >= 0.3 is 5.97 Å². The first kappa shape index (κ1) is 48.9. The molecule has 1 aliphatic carbocycles. The number of hydrogen-bond donors (Lipinski definition) is 1. The summed E-state index contributed by atoms with van der Waals surface area (Å²) in [7, 11) is 3.51. The van der Waals surface area contributed by atoms with E-state index in [1.165, 1.54) is 54.2 Å². The van der Waals surface area contributed by atoms with Crippen LogP contribution in [0.4, 0.5) is 10.1 Å². The summed E-state index contributed by atoms with van der Waals surface area (Å²) in [4.78, 5) is 51.7. The fourth-order valence-electron chi connectivity index (χ4n) is 3.64. The lowest BCUT2D eigenvalue weighted by Gasteiger charge is -2.17. The molecule has 1 saturated heterocycles. The number of amides is 3. The Hall–Kier alpha value is -5.23. The fourth-order valence-corrected chi connectivity index (χ4v) is 4.83. The van der Waals surface area contributed by atoms with Crippen LogP contribution in [0.3, 0.4) is 0 Å². The summed E-state index contributed by atoms with van der Waals surface area (Å²) >= 11 is 1.20. The number of benzene rings is 1. The van der Waals surface area contributed by atoms with Crippen molar-refractivity contribution in [3.05, 3.63) is 128 Å². The van der Waals surface area contributed by atoms with Crippen LogP contribution in [0.1, 0.15) is 54.4 Å². The van der Waals surface area contributed by atoms with Crippen LogP contribution in [0.15, 0.2) is 127 Å². The molecular formula is C40H55FN4O6S. The van der Waals surface area contributed by atoms with Gasteiger partial charge in [0.2, 0.25) is 18.2 Å².